The summed E-state index contributed by atoms with van der Waals surface area (Å²) in [6.07, 6.45) is 4.71. The zero-order valence-electron chi connectivity index (χ0n) is 14.0. The summed E-state index contributed by atoms with van der Waals surface area (Å²) < 4.78 is 0. The van der Waals surface area contributed by atoms with Crippen molar-refractivity contribution in [3.63, 3.8) is 0 Å². The van der Waals surface area contributed by atoms with Crippen LogP contribution in [0.5, 0.6) is 0 Å². The van der Waals surface area contributed by atoms with E-state index in [4.69, 9.17) is 4.84 Å². The molecule has 2 nitrogen and oxygen atoms in total. The fourth-order valence-electron chi connectivity index (χ4n) is 3.45. The lowest BCUT2D eigenvalue weighted by Gasteiger charge is -2.52. The van der Waals surface area contributed by atoms with Crippen LogP contribution >= 0.6 is 12.6 Å². The lowest BCUT2D eigenvalue weighted by Crippen LogP contribution is -2.58. The first-order chi connectivity index (χ1) is 9.76. The molecule has 1 heterocycles. The molecule has 1 saturated heterocycles. The zero-order valence-corrected chi connectivity index (χ0v) is 14.9. The highest BCUT2D eigenvalue weighted by Crippen LogP contribution is 2.41. The molecule has 1 aromatic carbocycles. The van der Waals surface area contributed by atoms with Gasteiger partial charge in [-0.3, -0.25) is 4.84 Å². The molecule has 1 unspecified atom stereocenters. The molecule has 1 aromatic rings. The molecular weight excluding hydrogens is 278 g/mol. The lowest BCUT2D eigenvalue weighted by molar-refractivity contribution is -0.307. The average Bonchev–Trinajstić information content (AvgIpc) is 2.39. The summed E-state index contributed by atoms with van der Waals surface area (Å²) in [7, 11) is 0. The Labute approximate surface area is 135 Å². The molecule has 2 rings (SSSR count). The Morgan fingerprint density at radius 3 is 2.10 bits per heavy atom. The maximum atomic E-state index is 6.51. The van der Waals surface area contributed by atoms with Gasteiger partial charge < -0.3 is 0 Å². The predicted octanol–water partition coefficient (Wildman–Crippen LogP) is 5.40. The SMILES string of the molecule is CCC(ON1C(C)(C)CCCC1(C)C)c1ccc(S)cc1. The first-order valence-electron chi connectivity index (χ1n) is 8.02. The highest BCUT2D eigenvalue weighted by Gasteiger charge is 2.43. The van der Waals surface area contributed by atoms with Crippen LogP contribution in [0.3, 0.4) is 0 Å². The van der Waals surface area contributed by atoms with Crippen molar-refractivity contribution < 1.29 is 4.84 Å². The summed E-state index contributed by atoms with van der Waals surface area (Å²) >= 11 is 4.36. The van der Waals surface area contributed by atoms with Crippen molar-refractivity contribution in [2.75, 3.05) is 0 Å². The van der Waals surface area contributed by atoms with Gasteiger partial charge in [-0.1, -0.05) is 19.1 Å². The molecular formula is C18H29NOS. The third-order valence-electron chi connectivity index (χ3n) is 4.55. The molecule has 0 amide bonds. The average molecular weight is 308 g/mol. The Morgan fingerprint density at radius 1 is 1.10 bits per heavy atom. The van der Waals surface area contributed by atoms with Crippen LogP contribution in [0.25, 0.3) is 0 Å². The number of rotatable bonds is 4. The highest BCUT2D eigenvalue weighted by atomic mass is 32.1. The fraction of sp³-hybridized carbons (Fsp3) is 0.667. The topological polar surface area (TPSA) is 12.5 Å². The van der Waals surface area contributed by atoms with Gasteiger partial charge in [-0.25, -0.2) is 0 Å². The number of hydrogen-bond acceptors (Lipinski definition) is 3. The molecule has 0 aliphatic carbocycles. The largest absolute Gasteiger partial charge is 0.290 e. The van der Waals surface area contributed by atoms with Gasteiger partial charge in [0, 0.05) is 16.0 Å². The second-order valence-corrected chi connectivity index (χ2v) is 7.88. The predicted molar refractivity (Wildman–Crippen MR) is 91.7 cm³/mol. The fourth-order valence-corrected chi connectivity index (χ4v) is 3.60. The van der Waals surface area contributed by atoms with Crippen LogP contribution in [0.2, 0.25) is 0 Å². The summed E-state index contributed by atoms with van der Waals surface area (Å²) in [4.78, 5) is 7.50. The summed E-state index contributed by atoms with van der Waals surface area (Å²) in [6, 6.07) is 8.33. The van der Waals surface area contributed by atoms with Crippen molar-refractivity contribution in [1.82, 2.24) is 5.06 Å². The van der Waals surface area contributed by atoms with Gasteiger partial charge >= 0.3 is 0 Å². The maximum Gasteiger partial charge on any atom is 0.104 e. The minimum absolute atomic E-state index is 0.0820. The molecule has 0 N–H and O–H groups in total. The molecule has 3 heteroatoms. The molecule has 1 aliphatic rings. The van der Waals surface area contributed by atoms with Gasteiger partial charge in [0.25, 0.3) is 0 Å². The second-order valence-electron chi connectivity index (χ2n) is 7.37. The number of hydroxylamine groups is 2. The normalized spacial score (nSPS) is 23.0. The van der Waals surface area contributed by atoms with Gasteiger partial charge in [-0.05, 0) is 71.1 Å². The number of piperidine rings is 1. The minimum atomic E-state index is 0.0820. The van der Waals surface area contributed by atoms with Crippen LogP contribution in [0.1, 0.15) is 72.0 Å². The van der Waals surface area contributed by atoms with E-state index in [0.717, 1.165) is 11.3 Å². The molecule has 0 saturated carbocycles. The smallest absolute Gasteiger partial charge is 0.104 e. The van der Waals surface area contributed by atoms with Crippen molar-refractivity contribution in [2.24, 2.45) is 0 Å². The van der Waals surface area contributed by atoms with Crippen LogP contribution in [0, 0.1) is 0 Å². The Balaban J connectivity index is 2.21. The van der Waals surface area contributed by atoms with E-state index in [0.29, 0.717) is 0 Å². The number of nitrogens with zero attached hydrogens (tertiary/aromatic N) is 1. The highest BCUT2D eigenvalue weighted by molar-refractivity contribution is 7.80. The Hall–Kier alpha value is -0.510. The van der Waals surface area contributed by atoms with E-state index >= 15 is 0 Å². The van der Waals surface area contributed by atoms with Crippen LogP contribution < -0.4 is 0 Å². The molecule has 0 radical (unpaired) electrons. The lowest BCUT2D eigenvalue weighted by atomic mass is 9.82. The minimum Gasteiger partial charge on any atom is -0.290 e. The van der Waals surface area contributed by atoms with Crippen LogP contribution in [0.4, 0.5) is 0 Å². The Bertz CT molecular complexity index is 451. The summed E-state index contributed by atoms with van der Waals surface area (Å²) in [5.74, 6) is 0. The van der Waals surface area contributed by atoms with Gasteiger partial charge in [0.05, 0.1) is 0 Å². The van der Waals surface area contributed by atoms with E-state index in [1.54, 1.807) is 0 Å². The number of hydrogen-bond donors (Lipinski definition) is 1. The monoisotopic (exact) mass is 307 g/mol. The van der Waals surface area contributed by atoms with Gasteiger partial charge in [0.15, 0.2) is 0 Å². The molecule has 1 fully saturated rings. The molecule has 0 spiro atoms. The third kappa shape index (κ3) is 3.82. The van der Waals surface area contributed by atoms with Crippen molar-refractivity contribution in [2.45, 2.75) is 82.4 Å². The van der Waals surface area contributed by atoms with Crippen molar-refractivity contribution in [3.8, 4) is 0 Å². The molecule has 1 aliphatic heterocycles. The maximum absolute atomic E-state index is 6.51. The molecule has 0 aromatic heterocycles. The van der Waals surface area contributed by atoms with E-state index in [1.165, 1.54) is 24.8 Å². The van der Waals surface area contributed by atoms with Crippen LogP contribution in [-0.2, 0) is 4.84 Å². The van der Waals surface area contributed by atoms with E-state index < -0.39 is 0 Å². The molecule has 21 heavy (non-hydrogen) atoms. The summed E-state index contributed by atoms with van der Waals surface area (Å²) in [6.45, 7) is 11.3. The third-order valence-corrected chi connectivity index (χ3v) is 4.84. The Morgan fingerprint density at radius 2 is 1.62 bits per heavy atom. The molecule has 0 bridgehead atoms. The first-order valence-corrected chi connectivity index (χ1v) is 8.47. The summed E-state index contributed by atoms with van der Waals surface area (Å²) in [5.41, 5.74) is 1.39. The number of benzene rings is 1. The van der Waals surface area contributed by atoms with E-state index in [9.17, 15) is 0 Å². The standard InChI is InChI=1S/C18H29NOS/c1-6-16(14-8-10-15(21)11-9-14)20-19-17(2,3)12-7-13-18(19,4)5/h8-11,16,21H,6-7,12-13H2,1-5H3. The van der Waals surface area contributed by atoms with Gasteiger partial charge in [0.1, 0.15) is 6.10 Å². The second kappa shape index (κ2) is 6.31. The van der Waals surface area contributed by atoms with Crippen LogP contribution in [-0.4, -0.2) is 16.1 Å². The van der Waals surface area contributed by atoms with Crippen LogP contribution in [0.15, 0.2) is 29.2 Å². The van der Waals surface area contributed by atoms with Gasteiger partial charge in [-0.15, -0.1) is 12.6 Å². The molecule has 118 valence electrons. The van der Waals surface area contributed by atoms with E-state index in [1.807, 2.05) is 12.1 Å². The van der Waals surface area contributed by atoms with Crippen molar-refractivity contribution in [3.05, 3.63) is 29.8 Å². The number of thiol groups is 1. The van der Waals surface area contributed by atoms with E-state index in [-0.39, 0.29) is 17.2 Å². The Kier molecular flexibility index (Phi) is 5.07. The first kappa shape index (κ1) is 16.9. The zero-order chi connectivity index (χ0) is 15.7. The van der Waals surface area contributed by atoms with Crippen molar-refractivity contribution >= 4 is 12.6 Å². The summed E-state index contributed by atoms with van der Waals surface area (Å²) in [5, 5.41) is 2.26. The van der Waals surface area contributed by atoms with Gasteiger partial charge in [-0.2, -0.15) is 5.06 Å². The van der Waals surface area contributed by atoms with Gasteiger partial charge in [0.2, 0.25) is 0 Å². The molecule has 1 atom stereocenters. The quantitative estimate of drug-likeness (QED) is 0.748. The van der Waals surface area contributed by atoms with E-state index in [2.05, 4.69) is 64.4 Å². The van der Waals surface area contributed by atoms with Crippen molar-refractivity contribution in [1.29, 1.82) is 0 Å².